The molecule has 2 aliphatic rings. The molecule has 2 aromatic heterocycles. The molecule has 1 saturated carbocycles. The maximum absolute atomic E-state index is 14.9. The third kappa shape index (κ3) is 2.86. The fourth-order valence-corrected chi connectivity index (χ4v) is 4.58. The van der Waals surface area contributed by atoms with Crippen molar-refractivity contribution in [2.45, 2.75) is 31.2 Å². The van der Waals surface area contributed by atoms with E-state index in [0.29, 0.717) is 17.1 Å². The molecule has 1 aliphatic heterocycles. The van der Waals surface area contributed by atoms with E-state index in [1.54, 1.807) is 47.6 Å². The number of piperidine rings is 1. The summed E-state index contributed by atoms with van der Waals surface area (Å²) in [4.78, 5) is 6.08. The summed E-state index contributed by atoms with van der Waals surface area (Å²) in [5.41, 5.74) is 1.40. The fraction of sp³-hybridized carbons (Fsp3) is 0.381. The highest BCUT2D eigenvalue weighted by Gasteiger charge is 2.60. The predicted molar refractivity (Wildman–Crippen MR) is 105 cm³/mol. The molecule has 3 aromatic rings. The Labute approximate surface area is 167 Å². The number of fused-ring (bicyclic) bond motifs is 2. The van der Waals surface area contributed by atoms with Crippen LogP contribution in [0.5, 0.6) is 11.6 Å². The highest BCUT2D eigenvalue weighted by Crippen LogP contribution is 2.48. The van der Waals surface area contributed by atoms with Gasteiger partial charge in [0, 0.05) is 42.6 Å². The van der Waals surface area contributed by atoms with Crippen molar-refractivity contribution in [2.75, 3.05) is 13.6 Å². The number of aromatic hydroxyl groups is 1. The van der Waals surface area contributed by atoms with Gasteiger partial charge >= 0.3 is 0 Å². The van der Waals surface area contributed by atoms with E-state index in [9.17, 15) is 9.50 Å². The van der Waals surface area contributed by atoms with Crippen LogP contribution in [0.4, 0.5) is 4.39 Å². The van der Waals surface area contributed by atoms with Crippen LogP contribution in [-0.4, -0.2) is 61.2 Å². The zero-order valence-corrected chi connectivity index (χ0v) is 16.2. The molecule has 150 valence electrons. The van der Waals surface area contributed by atoms with E-state index in [0.717, 1.165) is 18.7 Å². The van der Waals surface area contributed by atoms with Crippen LogP contribution >= 0.6 is 0 Å². The maximum atomic E-state index is 14.9. The van der Waals surface area contributed by atoms with Crippen molar-refractivity contribution in [3.63, 3.8) is 0 Å². The van der Waals surface area contributed by atoms with Gasteiger partial charge in [0.1, 0.15) is 11.9 Å². The molecule has 0 radical (unpaired) electrons. The molecule has 1 N–H and O–H groups in total. The topological polar surface area (TPSA) is 76.3 Å². The Bertz CT molecular complexity index is 1030. The summed E-state index contributed by atoms with van der Waals surface area (Å²) in [7, 11) is 1.96. The number of ether oxygens (including phenoxy) is 1. The summed E-state index contributed by atoms with van der Waals surface area (Å²) in [6.07, 6.45) is 4.36. The SMILES string of the molecule is CN1CC2C[C@@]1(C)[C@H](F)[C@H]2Oc1ccc(-c2ccc(-n3ccnc3)cc2O)nn1. The van der Waals surface area contributed by atoms with Gasteiger partial charge in [-0.3, -0.25) is 4.90 Å². The Kier molecular flexibility index (Phi) is 4.06. The highest BCUT2D eigenvalue weighted by atomic mass is 19.1. The smallest absolute Gasteiger partial charge is 0.233 e. The standard InChI is InChI=1S/C21H22FN5O2/c1-21-10-13(11-26(21)2)19(20(21)22)29-18-6-5-16(24-25-18)15-4-3-14(9-17(15)28)27-8-7-23-12-27/h3-9,12-13,19-20,28H,10-11H2,1-2H3/t13?,19-,20+,21-/m0/s1. The average Bonchev–Trinajstić information content (AvgIpc) is 3.40. The second-order valence-electron chi connectivity index (χ2n) is 8.11. The molecular weight excluding hydrogens is 373 g/mol. The van der Waals surface area contributed by atoms with Crippen LogP contribution in [-0.2, 0) is 0 Å². The maximum Gasteiger partial charge on any atom is 0.233 e. The van der Waals surface area contributed by atoms with Crippen molar-refractivity contribution in [1.29, 1.82) is 0 Å². The van der Waals surface area contributed by atoms with Crippen molar-refractivity contribution in [2.24, 2.45) is 5.92 Å². The lowest BCUT2D eigenvalue weighted by Crippen LogP contribution is -2.54. The zero-order chi connectivity index (χ0) is 20.2. The number of nitrogens with zero attached hydrogens (tertiary/aromatic N) is 5. The molecule has 8 heteroatoms. The molecule has 2 bridgehead atoms. The molecule has 7 nitrogen and oxygen atoms in total. The summed E-state index contributed by atoms with van der Waals surface area (Å²) in [5.74, 6) is 0.544. The van der Waals surface area contributed by atoms with Gasteiger partial charge in [-0.15, -0.1) is 10.2 Å². The number of aromatic nitrogens is 4. The van der Waals surface area contributed by atoms with Crippen LogP contribution in [0.1, 0.15) is 13.3 Å². The van der Waals surface area contributed by atoms with E-state index < -0.39 is 17.8 Å². The van der Waals surface area contributed by atoms with Gasteiger partial charge in [0.25, 0.3) is 0 Å². The lowest BCUT2D eigenvalue weighted by Gasteiger charge is -2.38. The van der Waals surface area contributed by atoms with E-state index in [1.807, 2.05) is 20.0 Å². The number of alkyl halides is 1. The summed E-state index contributed by atoms with van der Waals surface area (Å²) in [5, 5.41) is 18.7. The van der Waals surface area contributed by atoms with Gasteiger partial charge in [0.15, 0.2) is 6.17 Å². The van der Waals surface area contributed by atoms with Crippen LogP contribution in [0.2, 0.25) is 0 Å². The van der Waals surface area contributed by atoms with Crippen LogP contribution in [0.15, 0.2) is 49.1 Å². The van der Waals surface area contributed by atoms with Gasteiger partial charge in [0.05, 0.1) is 23.2 Å². The number of hydrogen-bond donors (Lipinski definition) is 1. The second-order valence-corrected chi connectivity index (χ2v) is 8.11. The largest absolute Gasteiger partial charge is 0.507 e. The Morgan fingerprint density at radius 2 is 2.10 bits per heavy atom. The number of phenols is 1. The van der Waals surface area contributed by atoms with E-state index in [-0.39, 0.29) is 11.7 Å². The molecular formula is C21H22FN5O2. The molecule has 1 aliphatic carbocycles. The highest BCUT2D eigenvalue weighted by molar-refractivity contribution is 5.68. The van der Waals surface area contributed by atoms with Crippen molar-refractivity contribution >= 4 is 0 Å². The van der Waals surface area contributed by atoms with E-state index in [4.69, 9.17) is 4.74 Å². The minimum Gasteiger partial charge on any atom is -0.507 e. The number of benzene rings is 1. The molecule has 1 unspecified atom stereocenters. The normalized spacial score (nSPS) is 28.7. The minimum absolute atomic E-state index is 0.0899. The summed E-state index contributed by atoms with van der Waals surface area (Å²) >= 11 is 0. The molecule has 1 aromatic carbocycles. The third-order valence-corrected chi connectivity index (χ3v) is 6.36. The van der Waals surface area contributed by atoms with E-state index >= 15 is 0 Å². The second kappa shape index (κ2) is 6.52. The van der Waals surface area contributed by atoms with Crippen LogP contribution < -0.4 is 4.74 Å². The van der Waals surface area contributed by atoms with Gasteiger partial charge in [0.2, 0.25) is 5.88 Å². The van der Waals surface area contributed by atoms with Crippen molar-refractivity contribution in [3.05, 3.63) is 49.1 Å². The Hall–Kier alpha value is -3.00. The summed E-state index contributed by atoms with van der Waals surface area (Å²) in [6, 6.07) is 8.69. The number of imidazole rings is 1. The van der Waals surface area contributed by atoms with Gasteiger partial charge in [-0.2, -0.15) is 0 Å². The number of rotatable bonds is 4. The average molecular weight is 395 g/mol. The number of halogens is 1. The third-order valence-electron chi connectivity index (χ3n) is 6.36. The summed E-state index contributed by atoms with van der Waals surface area (Å²) in [6.45, 7) is 2.77. The van der Waals surface area contributed by atoms with E-state index in [1.165, 1.54) is 0 Å². The van der Waals surface area contributed by atoms with Crippen LogP contribution in [0.25, 0.3) is 16.9 Å². The minimum atomic E-state index is -1.06. The molecule has 1 saturated heterocycles. The molecule has 2 fully saturated rings. The van der Waals surface area contributed by atoms with Gasteiger partial charge < -0.3 is 14.4 Å². The molecule has 4 atom stereocenters. The number of phenolic OH excluding ortho intramolecular Hbond substituents is 1. The first-order valence-electron chi connectivity index (χ1n) is 9.63. The van der Waals surface area contributed by atoms with Gasteiger partial charge in [-0.05, 0) is 38.6 Å². The lowest BCUT2D eigenvalue weighted by molar-refractivity contribution is -0.0143. The zero-order valence-electron chi connectivity index (χ0n) is 16.2. The van der Waals surface area contributed by atoms with Crippen molar-refractivity contribution in [1.82, 2.24) is 24.6 Å². The predicted octanol–water partition coefficient (Wildman–Crippen LogP) is 2.84. The van der Waals surface area contributed by atoms with Crippen molar-refractivity contribution in [3.8, 4) is 28.6 Å². The molecule has 29 heavy (non-hydrogen) atoms. The van der Waals surface area contributed by atoms with Crippen molar-refractivity contribution < 1.29 is 14.2 Å². The quantitative estimate of drug-likeness (QED) is 0.732. The first kappa shape index (κ1) is 18.1. The number of likely N-dealkylation sites (tertiary alicyclic amines) is 1. The lowest BCUT2D eigenvalue weighted by atomic mass is 9.97. The first-order chi connectivity index (χ1) is 14.0. The van der Waals surface area contributed by atoms with E-state index in [2.05, 4.69) is 20.1 Å². The van der Waals surface area contributed by atoms with Crippen LogP contribution in [0.3, 0.4) is 0 Å². The first-order valence-corrected chi connectivity index (χ1v) is 9.63. The van der Waals surface area contributed by atoms with Gasteiger partial charge in [-0.1, -0.05) is 0 Å². The number of hydrogen-bond acceptors (Lipinski definition) is 6. The Morgan fingerprint density at radius 1 is 1.24 bits per heavy atom. The van der Waals surface area contributed by atoms with Crippen LogP contribution in [0, 0.1) is 5.92 Å². The molecule has 5 rings (SSSR count). The van der Waals surface area contributed by atoms with Gasteiger partial charge in [-0.25, -0.2) is 9.37 Å². The monoisotopic (exact) mass is 395 g/mol. The molecule has 0 amide bonds. The summed E-state index contributed by atoms with van der Waals surface area (Å²) < 4.78 is 22.6. The Morgan fingerprint density at radius 3 is 2.72 bits per heavy atom. The molecule has 0 spiro atoms. The molecule has 3 heterocycles. The fourth-order valence-electron chi connectivity index (χ4n) is 4.58. The Balaban J connectivity index is 1.34.